The number of nitrogens with zero attached hydrogens (tertiary/aromatic N) is 1. The molecule has 388 valence electrons. The highest BCUT2D eigenvalue weighted by atomic mass is 16.5. The molecule has 2 heterocycles. The largest absolute Gasteiger partial charge is 0.457 e. The van der Waals surface area contributed by atoms with Gasteiger partial charge < -0.3 is 14.4 Å². The molecule has 0 radical (unpaired) electrons. The van der Waals surface area contributed by atoms with Crippen molar-refractivity contribution in [1.29, 1.82) is 0 Å². The molecule has 0 bridgehead atoms. The standard InChI is InChI=1S/C80H51NO2/c1-2-19-52(20-3-1)56-21-16-22-57(51-56)53-39-45-58(46-40-53)81(59-47-41-54(42-48-59)61-25-17-33-71-77(61)63-23-4-6-27-65(63)79(71)67-29-8-12-35-73(67)82-74-36-13-9-30-68(74)79)60-49-43-55(44-50-60)62-26-18-34-72-78(62)64-24-5-7-28-66(64)80(72)69-31-10-14-37-75(69)83-76-38-15-11-32-70(76)80/h1-51H. The quantitative estimate of drug-likeness (QED) is 0.159. The lowest BCUT2D eigenvalue weighted by Gasteiger charge is -2.39. The van der Waals surface area contributed by atoms with Crippen LogP contribution in [0.1, 0.15) is 44.5 Å². The van der Waals surface area contributed by atoms with Gasteiger partial charge in [0.15, 0.2) is 0 Å². The zero-order valence-electron chi connectivity index (χ0n) is 45.2. The van der Waals surface area contributed by atoms with E-state index in [1.807, 2.05) is 0 Å². The first kappa shape index (κ1) is 47.1. The summed E-state index contributed by atoms with van der Waals surface area (Å²) in [5.74, 6) is 3.57. The van der Waals surface area contributed by atoms with E-state index in [1.165, 1.54) is 72.3 Å². The number of hydrogen-bond acceptors (Lipinski definition) is 3. The summed E-state index contributed by atoms with van der Waals surface area (Å²) in [5, 5.41) is 0. The Hall–Kier alpha value is -10.7. The maximum Gasteiger partial charge on any atom is 0.132 e. The van der Waals surface area contributed by atoms with E-state index in [4.69, 9.17) is 9.47 Å². The molecular formula is C80H51NO2. The van der Waals surface area contributed by atoms with E-state index in [2.05, 4.69) is 314 Å². The Morgan fingerprint density at radius 3 is 0.904 bits per heavy atom. The summed E-state index contributed by atoms with van der Waals surface area (Å²) >= 11 is 0. The SMILES string of the molecule is c1ccc(-c2cccc(-c3ccc(N(c4ccc(-c5cccc6c5-c5ccccc5C65c6ccccc6Oc6ccccc65)cc4)c4ccc(-c5cccc6c5-c5ccccc5C65c6ccccc6Oc6ccccc65)cc4)cc3)c2)cc1. The lowest BCUT2D eigenvalue weighted by Crippen LogP contribution is -2.32. The van der Waals surface area contributed by atoms with Crippen molar-refractivity contribution in [3.63, 3.8) is 0 Å². The van der Waals surface area contributed by atoms with Crippen LogP contribution in [-0.4, -0.2) is 0 Å². The summed E-state index contributed by atoms with van der Waals surface area (Å²) in [6.45, 7) is 0. The summed E-state index contributed by atoms with van der Waals surface area (Å²) in [7, 11) is 0. The molecule has 0 amide bonds. The molecule has 0 aromatic heterocycles. The highest BCUT2D eigenvalue weighted by Crippen LogP contribution is 2.65. The fourth-order valence-electron chi connectivity index (χ4n) is 14.6. The third kappa shape index (κ3) is 6.86. The second-order valence-corrected chi connectivity index (χ2v) is 22.2. The van der Waals surface area contributed by atoms with E-state index in [9.17, 15) is 0 Å². The molecule has 2 aliphatic carbocycles. The van der Waals surface area contributed by atoms with Crippen LogP contribution in [0.4, 0.5) is 17.1 Å². The van der Waals surface area contributed by atoms with Crippen LogP contribution in [0.25, 0.3) is 66.8 Å². The van der Waals surface area contributed by atoms with Gasteiger partial charge in [0.2, 0.25) is 0 Å². The van der Waals surface area contributed by atoms with Crippen molar-refractivity contribution in [2.75, 3.05) is 4.90 Å². The Bertz CT molecular complexity index is 4400. The van der Waals surface area contributed by atoms with Gasteiger partial charge in [-0.05, 0) is 156 Å². The van der Waals surface area contributed by atoms with Gasteiger partial charge in [0.05, 0.1) is 10.8 Å². The fourth-order valence-corrected chi connectivity index (χ4v) is 14.6. The molecule has 17 rings (SSSR count). The van der Waals surface area contributed by atoms with E-state index < -0.39 is 10.8 Å². The maximum atomic E-state index is 6.66. The van der Waals surface area contributed by atoms with Crippen molar-refractivity contribution in [2.24, 2.45) is 0 Å². The molecule has 83 heavy (non-hydrogen) atoms. The zero-order valence-corrected chi connectivity index (χ0v) is 45.2. The molecule has 0 N–H and O–H groups in total. The highest BCUT2D eigenvalue weighted by molar-refractivity contribution is 5.99. The monoisotopic (exact) mass is 1060 g/mol. The van der Waals surface area contributed by atoms with Crippen LogP contribution in [0.15, 0.2) is 309 Å². The van der Waals surface area contributed by atoms with Crippen molar-refractivity contribution in [3.8, 4) is 89.8 Å². The third-order valence-electron chi connectivity index (χ3n) is 18.0. The average Bonchev–Trinajstić information content (AvgIpc) is 1.70. The minimum Gasteiger partial charge on any atom is -0.457 e. The van der Waals surface area contributed by atoms with Gasteiger partial charge in [0, 0.05) is 39.3 Å². The molecule has 4 aliphatic rings. The van der Waals surface area contributed by atoms with E-state index in [0.29, 0.717) is 0 Å². The molecule has 0 atom stereocenters. The van der Waals surface area contributed by atoms with Crippen LogP contribution in [-0.2, 0) is 10.8 Å². The Balaban J connectivity index is 0.792. The van der Waals surface area contributed by atoms with Crippen LogP contribution >= 0.6 is 0 Å². The van der Waals surface area contributed by atoms with Crippen LogP contribution in [0.2, 0.25) is 0 Å². The van der Waals surface area contributed by atoms with Crippen molar-refractivity contribution in [1.82, 2.24) is 0 Å². The molecule has 0 saturated carbocycles. The minimum absolute atomic E-state index is 0.544. The Morgan fingerprint density at radius 2 is 0.494 bits per heavy atom. The molecule has 2 spiro atoms. The summed E-state index contributed by atoms with van der Waals surface area (Å²) in [4.78, 5) is 2.39. The van der Waals surface area contributed by atoms with Crippen molar-refractivity contribution >= 4 is 17.1 Å². The molecular weight excluding hydrogens is 1010 g/mol. The van der Waals surface area contributed by atoms with Gasteiger partial charge in [0.1, 0.15) is 23.0 Å². The first-order valence-electron chi connectivity index (χ1n) is 28.6. The lowest BCUT2D eigenvalue weighted by molar-refractivity contribution is 0.436. The number of anilines is 3. The Labute approximate surface area is 483 Å². The van der Waals surface area contributed by atoms with Crippen molar-refractivity contribution in [2.45, 2.75) is 10.8 Å². The van der Waals surface area contributed by atoms with E-state index in [-0.39, 0.29) is 0 Å². The summed E-state index contributed by atoms with van der Waals surface area (Å²) in [6.07, 6.45) is 0. The molecule has 0 fully saturated rings. The summed E-state index contributed by atoms with van der Waals surface area (Å²) in [6, 6.07) is 113. The van der Waals surface area contributed by atoms with Crippen LogP contribution in [0.3, 0.4) is 0 Å². The molecule has 3 nitrogen and oxygen atoms in total. The minimum atomic E-state index is -0.544. The first-order valence-corrected chi connectivity index (χ1v) is 28.6. The lowest BCUT2D eigenvalue weighted by atomic mass is 9.66. The Morgan fingerprint density at radius 1 is 0.205 bits per heavy atom. The average molecular weight is 1060 g/mol. The predicted molar refractivity (Wildman–Crippen MR) is 338 cm³/mol. The van der Waals surface area contributed by atoms with E-state index >= 15 is 0 Å². The number of benzene rings is 13. The van der Waals surface area contributed by atoms with Gasteiger partial charge in [-0.25, -0.2) is 0 Å². The number of fused-ring (bicyclic) bond motifs is 18. The van der Waals surface area contributed by atoms with Gasteiger partial charge in [-0.3, -0.25) is 0 Å². The third-order valence-corrected chi connectivity index (χ3v) is 18.0. The van der Waals surface area contributed by atoms with E-state index in [1.54, 1.807) is 0 Å². The topological polar surface area (TPSA) is 21.7 Å². The number of hydrogen-bond donors (Lipinski definition) is 0. The van der Waals surface area contributed by atoms with Crippen LogP contribution in [0.5, 0.6) is 23.0 Å². The summed E-state index contributed by atoms with van der Waals surface area (Å²) in [5.41, 5.74) is 26.3. The maximum absolute atomic E-state index is 6.66. The van der Waals surface area contributed by atoms with Gasteiger partial charge >= 0.3 is 0 Å². The fraction of sp³-hybridized carbons (Fsp3) is 0.0250. The number of ether oxygens (including phenoxy) is 2. The zero-order chi connectivity index (χ0) is 54.6. The molecule has 0 saturated heterocycles. The van der Waals surface area contributed by atoms with Gasteiger partial charge in [-0.2, -0.15) is 0 Å². The van der Waals surface area contributed by atoms with Crippen LogP contribution < -0.4 is 14.4 Å². The second-order valence-electron chi connectivity index (χ2n) is 22.2. The second kappa shape index (κ2) is 18.4. The molecule has 13 aromatic carbocycles. The Kier molecular flexibility index (Phi) is 10.4. The molecule has 0 unspecified atom stereocenters. The van der Waals surface area contributed by atoms with Gasteiger partial charge in [-0.15, -0.1) is 0 Å². The molecule has 3 heteroatoms. The molecule has 13 aromatic rings. The molecule has 2 aliphatic heterocycles. The van der Waals surface area contributed by atoms with Gasteiger partial charge in [-0.1, -0.05) is 243 Å². The van der Waals surface area contributed by atoms with E-state index in [0.717, 1.165) is 79.0 Å². The number of rotatable bonds is 7. The van der Waals surface area contributed by atoms with Crippen LogP contribution in [0, 0.1) is 0 Å². The normalized spacial score (nSPS) is 13.7. The van der Waals surface area contributed by atoms with Crippen molar-refractivity contribution in [3.05, 3.63) is 354 Å². The number of para-hydroxylation sites is 4. The highest BCUT2D eigenvalue weighted by Gasteiger charge is 2.53. The van der Waals surface area contributed by atoms with Gasteiger partial charge in [0.25, 0.3) is 0 Å². The first-order chi connectivity index (χ1) is 41.2. The smallest absolute Gasteiger partial charge is 0.132 e. The van der Waals surface area contributed by atoms with Crippen molar-refractivity contribution < 1.29 is 9.47 Å². The predicted octanol–water partition coefficient (Wildman–Crippen LogP) is 20.8. The summed E-state index contributed by atoms with van der Waals surface area (Å²) < 4.78 is 13.3.